The summed E-state index contributed by atoms with van der Waals surface area (Å²) in [5.74, 6) is 0. The smallest absolute Gasteiger partial charge is 0.317 e. The van der Waals surface area contributed by atoms with Gasteiger partial charge < -0.3 is 15.0 Å². The third kappa shape index (κ3) is 4.06. The minimum atomic E-state index is 0.0465. The lowest BCUT2D eigenvalue weighted by Gasteiger charge is -2.31. The van der Waals surface area contributed by atoms with E-state index < -0.39 is 0 Å². The lowest BCUT2D eigenvalue weighted by atomic mass is 10.0. The van der Waals surface area contributed by atoms with E-state index in [1.807, 2.05) is 11.8 Å². The number of amides is 2. The van der Waals surface area contributed by atoms with Gasteiger partial charge in [0.15, 0.2) is 0 Å². The molecule has 1 saturated heterocycles. The first-order chi connectivity index (χ1) is 11.8. The van der Waals surface area contributed by atoms with E-state index in [0.29, 0.717) is 12.6 Å². The summed E-state index contributed by atoms with van der Waals surface area (Å²) in [4.78, 5) is 14.2. The lowest BCUT2D eigenvalue weighted by molar-refractivity contribution is 0.0220. The summed E-state index contributed by atoms with van der Waals surface area (Å²) >= 11 is 0. The van der Waals surface area contributed by atoms with Crippen LogP contribution in [0, 0.1) is 0 Å². The molecule has 0 aliphatic carbocycles. The molecule has 1 heterocycles. The van der Waals surface area contributed by atoms with Crippen LogP contribution in [0.15, 0.2) is 42.5 Å². The molecule has 2 amide bonds. The summed E-state index contributed by atoms with van der Waals surface area (Å²) in [6.07, 6.45) is 3.03. The molecule has 4 heteroatoms. The van der Waals surface area contributed by atoms with Crippen molar-refractivity contribution in [3.63, 3.8) is 0 Å². The number of fused-ring (bicyclic) bond motifs is 1. The molecule has 0 radical (unpaired) electrons. The third-order valence-corrected chi connectivity index (χ3v) is 4.68. The van der Waals surface area contributed by atoms with Gasteiger partial charge in [0, 0.05) is 26.2 Å². The van der Waals surface area contributed by atoms with Crippen molar-refractivity contribution in [1.82, 2.24) is 10.2 Å². The summed E-state index contributed by atoms with van der Waals surface area (Å²) in [6.45, 7) is 5.00. The Hall–Kier alpha value is -2.07. The van der Waals surface area contributed by atoms with Crippen molar-refractivity contribution in [2.24, 2.45) is 0 Å². The molecule has 0 bridgehead atoms. The largest absolute Gasteiger partial charge is 0.378 e. The van der Waals surface area contributed by atoms with Gasteiger partial charge in [0.05, 0.1) is 6.10 Å². The average Bonchev–Trinajstić information content (AvgIpc) is 2.63. The van der Waals surface area contributed by atoms with Crippen LogP contribution in [0.2, 0.25) is 0 Å². The molecule has 128 valence electrons. The topological polar surface area (TPSA) is 41.6 Å². The monoisotopic (exact) mass is 326 g/mol. The van der Waals surface area contributed by atoms with Gasteiger partial charge in [0.2, 0.25) is 0 Å². The second kappa shape index (κ2) is 8.15. The minimum absolute atomic E-state index is 0.0465. The molecule has 1 N–H and O–H groups in total. The highest BCUT2D eigenvalue weighted by Gasteiger charge is 2.22. The zero-order valence-corrected chi connectivity index (χ0v) is 14.3. The molecule has 2 aromatic rings. The van der Waals surface area contributed by atoms with Crippen molar-refractivity contribution in [3.8, 4) is 0 Å². The lowest BCUT2D eigenvalue weighted by Crippen LogP contribution is -2.46. The molecular weight excluding hydrogens is 300 g/mol. The van der Waals surface area contributed by atoms with E-state index in [9.17, 15) is 4.79 Å². The van der Waals surface area contributed by atoms with E-state index in [1.54, 1.807) is 0 Å². The van der Waals surface area contributed by atoms with Crippen molar-refractivity contribution in [2.45, 2.75) is 32.3 Å². The molecule has 0 atom stereocenters. The molecular formula is C20H26N2O2. The second-order valence-corrected chi connectivity index (χ2v) is 6.26. The van der Waals surface area contributed by atoms with Gasteiger partial charge in [-0.25, -0.2) is 4.79 Å². The Morgan fingerprint density at radius 2 is 1.92 bits per heavy atom. The summed E-state index contributed by atoms with van der Waals surface area (Å²) in [6, 6.07) is 14.8. The number of carbonyl (C=O) groups excluding carboxylic acids is 1. The summed E-state index contributed by atoms with van der Waals surface area (Å²) < 4.78 is 5.63. The fraction of sp³-hybridized carbons (Fsp3) is 0.450. The van der Waals surface area contributed by atoms with Gasteiger partial charge in [-0.3, -0.25) is 0 Å². The molecule has 0 unspecified atom stereocenters. The zero-order chi connectivity index (χ0) is 16.8. The summed E-state index contributed by atoms with van der Waals surface area (Å²) in [5.41, 5.74) is 1.28. The number of nitrogens with one attached hydrogen (secondary N) is 1. The van der Waals surface area contributed by atoms with Crippen LogP contribution in [0.25, 0.3) is 10.8 Å². The highest BCUT2D eigenvalue weighted by Crippen LogP contribution is 2.18. The molecule has 1 aliphatic heterocycles. The van der Waals surface area contributed by atoms with E-state index in [2.05, 4.69) is 47.8 Å². The number of rotatable bonds is 5. The first-order valence-corrected chi connectivity index (χ1v) is 8.89. The van der Waals surface area contributed by atoms with Crippen LogP contribution in [0.5, 0.6) is 0 Å². The molecule has 0 aromatic heterocycles. The molecule has 0 saturated carbocycles. The van der Waals surface area contributed by atoms with Crippen LogP contribution in [-0.4, -0.2) is 43.3 Å². The second-order valence-electron chi connectivity index (χ2n) is 6.26. The maximum absolute atomic E-state index is 12.3. The first kappa shape index (κ1) is 16.8. The number of carbonyl (C=O) groups is 1. The number of nitrogens with zero attached hydrogens (tertiary/aromatic N) is 1. The van der Waals surface area contributed by atoms with Crippen LogP contribution in [0.4, 0.5) is 4.79 Å². The molecule has 1 aliphatic rings. The van der Waals surface area contributed by atoms with Crippen LogP contribution >= 0.6 is 0 Å². The predicted octanol–water partition coefficient (Wildman–Crippen LogP) is 3.59. The van der Waals surface area contributed by atoms with Gasteiger partial charge >= 0.3 is 6.03 Å². The van der Waals surface area contributed by atoms with E-state index >= 15 is 0 Å². The van der Waals surface area contributed by atoms with Crippen molar-refractivity contribution >= 4 is 16.8 Å². The number of likely N-dealkylation sites (tertiary alicyclic amines) is 1. The maximum atomic E-state index is 12.3. The van der Waals surface area contributed by atoms with Crippen LogP contribution < -0.4 is 5.32 Å². The van der Waals surface area contributed by atoms with Gasteiger partial charge in [0.1, 0.15) is 0 Å². The van der Waals surface area contributed by atoms with Gasteiger partial charge in [-0.05, 0) is 42.5 Å². The van der Waals surface area contributed by atoms with Crippen molar-refractivity contribution < 1.29 is 9.53 Å². The van der Waals surface area contributed by atoms with Gasteiger partial charge in [0.25, 0.3) is 0 Å². The minimum Gasteiger partial charge on any atom is -0.378 e. The van der Waals surface area contributed by atoms with Crippen molar-refractivity contribution in [2.75, 3.05) is 26.2 Å². The van der Waals surface area contributed by atoms with Crippen molar-refractivity contribution in [1.29, 1.82) is 0 Å². The van der Waals surface area contributed by atoms with E-state index in [4.69, 9.17) is 4.74 Å². The Bertz CT molecular complexity index is 673. The molecule has 3 rings (SSSR count). The Morgan fingerprint density at radius 1 is 1.17 bits per heavy atom. The number of ether oxygens (including phenoxy) is 1. The Morgan fingerprint density at radius 3 is 2.71 bits per heavy atom. The molecule has 0 spiro atoms. The fourth-order valence-electron chi connectivity index (χ4n) is 3.39. The van der Waals surface area contributed by atoms with Gasteiger partial charge in [-0.1, -0.05) is 42.5 Å². The van der Waals surface area contributed by atoms with Crippen LogP contribution in [0.3, 0.4) is 0 Å². The highest BCUT2D eigenvalue weighted by atomic mass is 16.5. The number of piperidine rings is 1. The Kier molecular flexibility index (Phi) is 5.70. The standard InChI is InChI=1S/C20H26N2O2/c1-2-24-18-11-14-22(15-12-18)20(23)21-13-10-17-8-5-7-16-6-3-4-9-19(16)17/h3-9,18H,2,10-15H2,1H3,(H,21,23). The summed E-state index contributed by atoms with van der Waals surface area (Å²) in [7, 11) is 0. The number of hydrogen-bond acceptors (Lipinski definition) is 2. The van der Waals surface area contributed by atoms with E-state index in [0.717, 1.165) is 39.0 Å². The quantitative estimate of drug-likeness (QED) is 0.912. The van der Waals surface area contributed by atoms with Gasteiger partial charge in [-0.2, -0.15) is 0 Å². The van der Waals surface area contributed by atoms with E-state index in [-0.39, 0.29) is 6.03 Å². The maximum Gasteiger partial charge on any atom is 0.317 e. The zero-order valence-electron chi connectivity index (χ0n) is 14.3. The van der Waals surface area contributed by atoms with Crippen LogP contribution in [0.1, 0.15) is 25.3 Å². The number of benzene rings is 2. The predicted molar refractivity (Wildman–Crippen MR) is 97.3 cm³/mol. The van der Waals surface area contributed by atoms with Crippen LogP contribution in [-0.2, 0) is 11.2 Å². The van der Waals surface area contributed by atoms with Gasteiger partial charge in [-0.15, -0.1) is 0 Å². The Balaban J connectivity index is 1.48. The third-order valence-electron chi connectivity index (χ3n) is 4.68. The fourth-order valence-corrected chi connectivity index (χ4v) is 3.39. The average molecular weight is 326 g/mol. The normalized spacial score (nSPS) is 15.6. The van der Waals surface area contributed by atoms with Crippen molar-refractivity contribution in [3.05, 3.63) is 48.0 Å². The molecule has 2 aromatic carbocycles. The highest BCUT2D eigenvalue weighted by molar-refractivity contribution is 5.85. The molecule has 1 fully saturated rings. The molecule has 4 nitrogen and oxygen atoms in total. The SMILES string of the molecule is CCOC1CCN(C(=O)NCCc2cccc3ccccc23)CC1. The number of urea groups is 1. The molecule has 24 heavy (non-hydrogen) atoms. The summed E-state index contributed by atoms with van der Waals surface area (Å²) in [5, 5.41) is 5.58. The first-order valence-electron chi connectivity index (χ1n) is 8.89. The van der Waals surface area contributed by atoms with E-state index in [1.165, 1.54) is 16.3 Å². The Labute approximate surface area is 143 Å². The number of hydrogen-bond donors (Lipinski definition) is 1.